The van der Waals surface area contributed by atoms with Crippen LogP contribution in [0.5, 0.6) is 0 Å². The topological polar surface area (TPSA) is 192 Å². The van der Waals surface area contributed by atoms with Crippen molar-refractivity contribution in [1.82, 2.24) is 5.32 Å². The molecule has 5 N–H and O–H groups in total. The van der Waals surface area contributed by atoms with Crippen LogP contribution in [-0.2, 0) is 33.6 Å². The molecule has 1 heterocycles. The van der Waals surface area contributed by atoms with Crippen molar-refractivity contribution in [1.29, 1.82) is 0 Å². The summed E-state index contributed by atoms with van der Waals surface area (Å²) in [6.07, 6.45) is 15.0. The zero-order valence-corrected chi connectivity index (χ0v) is 29.9. The second-order valence-corrected chi connectivity index (χ2v) is 13.2. The van der Waals surface area contributed by atoms with Gasteiger partial charge in [0.15, 0.2) is 0 Å². The highest BCUT2D eigenvalue weighted by molar-refractivity contribution is 7.80. The van der Waals surface area contributed by atoms with Crippen LogP contribution in [0.15, 0.2) is 95.8 Å². The van der Waals surface area contributed by atoms with E-state index in [1.165, 1.54) is 24.3 Å². The summed E-state index contributed by atoms with van der Waals surface area (Å²) < 4.78 is 47.6. The Morgan fingerprint density at radius 3 is 2.55 bits per heavy atom. The first-order valence-corrected chi connectivity index (χ1v) is 17.5. The molecule has 0 bridgehead atoms. The van der Waals surface area contributed by atoms with Crippen molar-refractivity contribution in [3.05, 3.63) is 95.8 Å². The molecule has 0 aromatic heterocycles. The van der Waals surface area contributed by atoms with Crippen LogP contribution < -0.4 is 11.1 Å². The first-order valence-electron chi connectivity index (χ1n) is 16.1. The minimum absolute atomic E-state index is 0.137. The zero-order valence-electron chi connectivity index (χ0n) is 29.0. The molecule has 0 unspecified atom stereocenters. The zero-order chi connectivity index (χ0) is 37.0. The summed E-state index contributed by atoms with van der Waals surface area (Å²) in [5.74, 6) is -0.984. The largest absolute Gasteiger partial charge is 0.458 e. The first-order chi connectivity index (χ1) is 22.9. The molecule has 2 amide bonds. The maximum absolute atomic E-state index is 12.8. The third-order valence-electron chi connectivity index (χ3n) is 7.10. The molecule has 49 heavy (non-hydrogen) atoms. The number of esters is 1. The van der Waals surface area contributed by atoms with Crippen LogP contribution in [0.1, 0.15) is 79.6 Å². The molecule has 0 aliphatic carbocycles. The van der Waals surface area contributed by atoms with E-state index in [-0.39, 0.29) is 24.7 Å². The molecular weight excluding hydrogens is 652 g/mol. The van der Waals surface area contributed by atoms with Gasteiger partial charge in [0.2, 0.25) is 5.91 Å². The minimum Gasteiger partial charge on any atom is -0.458 e. The standard InChI is InChI=1S/C36H52N2O10S/c1-25(2)21-28(5)24-34(40)38-20-19-27(4)22-29(6)33-23-26(3)13-9-7-10-14-30(48-49(43,44)45)17-18-31(39)32(47-36(37)42)15-11-8-12-16-35(41)46-33/h7,9,12-13,16-20,22,24,29-33,39H,1,8,10-11,14-15,21,23H2,2-6H3,(H2,37,42)(H,38,40)(H,43,44,45)/b9-7?,16-12?,18-17?,20-19+,26-13?,27-22+,28-24-/t29-,30+,31-,32+,33-/m1/s1. The Bertz CT molecular complexity index is 1450. The van der Waals surface area contributed by atoms with Crippen molar-refractivity contribution in [3.8, 4) is 0 Å². The predicted octanol–water partition coefficient (Wildman–Crippen LogP) is 6.00. The number of aliphatic hydroxyl groups excluding tert-OH is 1. The minimum atomic E-state index is -4.79. The molecule has 0 saturated heterocycles. The lowest BCUT2D eigenvalue weighted by molar-refractivity contribution is -0.144. The molecule has 12 nitrogen and oxygen atoms in total. The van der Waals surface area contributed by atoms with E-state index >= 15 is 0 Å². The van der Waals surface area contributed by atoms with Crippen LogP contribution in [0.2, 0.25) is 0 Å². The van der Waals surface area contributed by atoms with E-state index in [1.54, 1.807) is 30.5 Å². The SMILES string of the molecule is C=C(C)C/C(C)=C\C(=O)N/C=C/C(C)=C/[C@@H](C)[C@H]1CC(C)=CC=CCC[C@H](OS(=O)(=O)O)C=C[C@@H](O)[C@@H](OC(N)=O)CCCC=CC(=O)O1. The predicted molar refractivity (Wildman–Crippen MR) is 189 cm³/mol. The Morgan fingerprint density at radius 2 is 1.90 bits per heavy atom. The normalized spacial score (nSPS) is 23.3. The quantitative estimate of drug-likeness (QED) is 0.0689. The Morgan fingerprint density at radius 1 is 1.18 bits per heavy atom. The number of carbonyl (C=O) groups excluding carboxylic acids is 3. The van der Waals surface area contributed by atoms with Gasteiger partial charge in [-0.15, -0.1) is 0 Å². The number of primary amides is 1. The van der Waals surface area contributed by atoms with Crippen LogP contribution in [0, 0.1) is 5.92 Å². The van der Waals surface area contributed by atoms with Gasteiger partial charge in [-0.05, 0) is 72.3 Å². The summed E-state index contributed by atoms with van der Waals surface area (Å²) in [6.45, 7) is 13.3. The van der Waals surface area contributed by atoms with Gasteiger partial charge in [-0.2, -0.15) is 8.42 Å². The second-order valence-electron chi connectivity index (χ2n) is 12.2. The number of ether oxygens (including phenoxy) is 2. The van der Waals surface area contributed by atoms with Crippen molar-refractivity contribution in [2.75, 3.05) is 0 Å². The Balaban J connectivity index is 3.20. The molecule has 0 saturated carbocycles. The van der Waals surface area contributed by atoms with E-state index in [2.05, 4.69) is 11.9 Å². The van der Waals surface area contributed by atoms with Crippen LogP contribution in [-0.4, -0.2) is 60.5 Å². The van der Waals surface area contributed by atoms with E-state index in [0.717, 1.165) is 22.3 Å². The summed E-state index contributed by atoms with van der Waals surface area (Å²) in [4.78, 5) is 36.4. The number of amides is 2. The number of carbonyl (C=O) groups is 3. The first kappa shape index (κ1) is 43.0. The number of hydrogen-bond acceptors (Lipinski definition) is 9. The van der Waals surface area contributed by atoms with Gasteiger partial charge >= 0.3 is 22.5 Å². The van der Waals surface area contributed by atoms with Gasteiger partial charge in [0.25, 0.3) is 0 Å². The van der Waals surface area contributed by atoms with Crippen LogP contribution >= 0.6 is 0 Å². The number of hydrogen-bond donors (Lipinski definition) is 4. The highest BCUT2D eigenvalue weighted by atomic mass is 32.3. The van der Waals surface area contributed by atoms with E-state index in [9.17, 15) is 32.5 Å². The number of nitrogens with one attached hydrogen (secondary N) is 1. The summed E-state index contributed by atoms with van der Waals surface area (Å²) in [5.41, 5.74) is 8.80. The van der Waals surface area contributed by atoms with Gasteiger partial charge in [-0.25, -0.2) is 13.8 Å². The van der Waals surface area contributed by atoms with Gasteiger partial charge in [0.1, 0.15) is 18.3 Å². The van der Waals surface area contributed by atoms with Gasteiger partial charge in [0.05, 0.1) is 6.10 Å². The van der Waals surface area contributed by atoms with Gasteiger partial charge in [0, 0.05) is 30.7 Å². The lowest BCUT2D eigenvalue weighted by Gasteiger charge is -2.22. The number of nitrogens with two attached hydrogens (primary N) is 1. The molecule has 1 aliphatic heterocycles. The highest BCUT2D eigenvalue weighted by Crippen LogP contribution is 2.21. The summed E-state index contributed by atoms with van der Waals surface area (Å²) in [7, 11) is -4.79. The smallest absolute Gasteiger partial charge is 0.404 e. The Labute approximate surface area is 290 Å². The van der Waals surface area contributed by atoms with Crippen LogP contribution in [0.3, 0.4) is 0 Å². The average Bonchev–Trinajstić information content (AvgIpc) is 2.96. The van der Waals surface area contributed by atoms with Crippen molar-refractivity contribution in [2.24, 2.45) is 11.7 Å². The fraction of sp³-hybridized carbons (Fsp3) is 0.472. The summed E-state index contributed by atoms with van der Waals surface area (Å²) in [6, 6.07) is 0. The molecule has 1 rings (SSSR count). The second kappa shape index (κ2) is 22.6. The van der Waals surface area contributed by atoms with E-state index < -0.39 is 46.9 Å². The monoisotopic (exact) mass is 704 g/mol. The molecule has 0 aromatic rings. The third-order valence-corrected chi connectivity index (χ3v) is 7.59. The molecule has 0 spiro atoms. The van der Waals surface area contributed by atoms with Gasteiger partial charge < -0.3 is 25.6 Å². The van der Waals surface area contributed by atoms with Crippen molar-refractivity contribution < 1.29 is 46.1 Å². The molecule has 13 heteroatoms. The highest BCUT2D eigenvalue weighted by Gasteiger charge is 2.22. The maximum Gasteiger partial charge on any atom is 0.404 e. The van der Waals surface area contributed by atoms with Crippen LogP contribution in [0.4, 0.5) is 4.79 Å². The van der Waals surface area contributed by atoms with Gasteiger partial charge in [-0.1, -0.05) is 78.3 Å². The Kier molecular flexibility index (Phi) is 19.8. The summed E-state index contributed by atoms with van der Waals surface area (Å²) in [5, 5.41) is 13.3. The van der Waals surface area contributed by atoms with Crippen molar-refractivity contribution in [3.63, 3.8) is 0 Å². The van der Waals surface area contributed by atoms with Crippen LogP contribution in [0.25, 0.3) is 0 Å². The fourth-order valence-electron chi connectivity index (χ4n) is 4.88. The molecule has 1 aliphatic rings. The van der Waals surface area contributed by atoms with E-state index in [1.807, 2.05) is 46.8 Å². The molecule has 0 radical (unpaired) electrons. The fourth-order valence-corrected chi connectivity index (χ4v) is 5.36. The lowest BCUT2D eigenvalue weighted by Crippen LogP contribution is -2.32. The lowest BCUT2D eigenvalue weighted by atomic mass is 9.95. The van der Waals surface area contributed by atoms with Gasteiger partial charge in [-0.3, -0.25) is 9.35 Å². The summed E-state index contributed by atoms with van der Waals surface area (Å²) >= 11 is 0. The molecule has 0 aromatic carbocycles. The number of rotatable bonds is 10. The van der Waals surface area contributed by atoms with E-state index in [0.29, 0.717) is 32.1 Å². The number of aliphatic hydroxyl groups is 1. The Hall–Kier alpha value is -4.04. The molecule has 0 fully saturated rings. The molecular formula is C36H52N2O10S. The van der Waals surface area contributed by atoms with E-state index in [4.69, 9.17) is 19.4 Å². The average molecular weight is 705 g/mol. The van der Waals surface area contributed by atoms with Crippen molar-refractivity contribution in [2.45, 2.75) is 104 Å². The molecule has 272 valence electrons. The maximum atomic E-state index is 12.8. The third kappa shape index (κ3) is 21.5. The molecule has 5 atom stereocenters. The number of cyclic esters (lactones) is 1. The number of allylic oxidation sites excluding steroid dienone is 8. The van der Waals surface area contributed by atoms with Crippen molar-refractivity contribution >= 4 is 28.4 Å².